The first-order valence-corrected chi connectivity index (χ1v) is 14.4. The number of hydrogen-bond acceptors (Lipinski definition) is 0. The maximum Gasteiger partial charge on any atom is -0.0590 e. The molecule has 29 heavy (non-hydrogen) atoms. The highest BCUT2D eigenvalue weighted by Crippen LogP contribution is 1.56. The lowest BCUT2D eigenvalue weighted by Crippen LogP contribution is -1.27. The van der Waals surface area contributed by atoms with Crippen molar-refractivity contribution in [1.29, 1.82) is 0 Å². The van der Waals surface area contributed by atoms with Gasteiger partial charge in [-0.25, -0.2) is 0 Å². The van der Waals surface area contributed by atoms with Crippen LogP contribution in [0.5, 0.6) is 0 Å². The van der Waals surface area contributed by atoms with E-state index in [4.69, 9.17) is 0 Å². The molecule has 0 aliphatic rings. The second kappa shape index (κ2) is 20400. The Hall–Kier alpha value is 0. The van der Waals surface area contributed by atoms with Gasteiger partial charge in [-0.1, -0.05) is 200 Å². The molecule has 0 amide bonds. The van der Waals surface area contributed by atoms with Crippen molar-refractivity contribution in [3.8, 4) is 0 Å². The fraction of sp³-hybridized carbons (Fsp3) is 1.00. The molecule has 0 nitrogen and oxygen atoms in total. The standard InChI is InChI=1S/C3H8.13C2H6/c1-3-2;13*1-2/h3H2,1-2H3;13*1-2H3. The number of hydrogen-bond donors (Lipinski definition) is 0. The van der Waals surface area contributed by atoms with Crippen LogP contribution in [0.4, 0.5) is 0 Å². The van der Waals surface area contributed by atoms with Gasteiger partial charge in [0.1, 0.15) is 0 Å². The number of rotatable bonds is 0. The van der Waals surface area contributed by atoms with E-state index in [9.17, 15) is 0 Å². The van der Waals surface area contributed by atoms with E-state index in [0.29, 0.717) is 0 Å². The van der Waals surface area contributed by atoms with Gasteiger partial charge in [-0.3, -0.25) is 0 Å². The molecule has 0 unspecified atom stereocenters. The Kier molecular flexibility index (Phi) is 71100. The Bertz CT molecular complexity index is 0. The van der Waals surface area contributed by atoms with Crippen molar-refractivity contribution >= 4 is 0 Å². The molecule has 0 saturated heterocycles. The average Bonchev–Trinajstić information content (AvgIpc) is 2.94. The summed E-state index contributed by atoms with van der Waals surface area (Å²) < 4.78 is 0. The van der Waals surface area contributed by atoms with E-state index < -0.39 is 0 Å². The van der Waals surface area contributed by atoms with Crippen LogP contribution in [0, 0.1) is 0 Å². The molecule has 0 N–H and O–H groups in total. The van der Waals surface area contributed by atoms with Crippen LogP contribution in [0.25, 0.3) is 0 Å². The maximum atomic E-state index is 2.12. The molecule has 0 saturated carbocycles. The summed E-state index contributed by atoms with van der Waals surface area (Å²) in [7, 11) is 0. The second-order valence-electron chi connectivity index (χ2n) is 0.707. The highest BCUT2D eigenvalue weighted by atomic mass is 13.4. The Morgan fingerprint density at radius 1 is 0.172 bits per heavy atom. The van der Waals surface area contributed by atoms with Crippen LogP contribution < -0.4 is 0 Å². The zero-order valence-electron chi connectivity index (χ0n) is 28.7. The average molecular weight is 435 g/mol. The van der Waals surface area contributed by atoms with E-state index in [2.05, 4.69) is 13.8 Å². The molecule has 0 bridgehead atoms. The molecule has 0 aromatic carbocycles. The van der Waals surface area contributed by atoms with Crippen molar-refractivity contribution in [3.63, 3.8) is 0 Å². The van der Waals surface area contributed by atoms with Gasteiger partial charge in [-0.15, -0.1) is 0 Å². The summed E-state index contributed by atoms with van der Waals surface area (Å²) in [5, 5.41) is 0. The molecule has 0 aromatic rings. The van der Waals surface area contributed by atoms with Crippen molar-refractivity contribution in [3.05, 3.63) is 0 Å². The summed E-state index contributed by atoms with van der Waals surface area (Å²) in [6, 6.07) is 0. The fourth-order valence-electron chi connectivity index (χ4n) is 0. The fourth-order valence-corrected chi connectivity index (χ4v) is 0. The van der Waals surface area contributed by atoms with E-state index >= 15 is 0 Å². The van der Waals surface area contributed by atoms with Gasteiger partial charge in [0.05, 0.1) is 0 Å². The van der Waals surface area contributed by atoms with Gasteiger partial charge in [0, 0.05) is 0 Å². The molecule has 0 rings (SSSR count). The Balaban J connectivity index is -0.00000000698. The first-order valence-electron chi connectivity index (χ1n) is 14.4. The summed E-state index contributed by atoms with van der Waals surface area (Å²) in [5.74, 6) is 0. The molecule has 202 valence electrons. The van der Waals surface area contributed by atoms with Crippen molar-refractivity contribution in [2.24, 2.45) is 0 Å². The zero-order chi connectivity index (χ0) is 28.7. The minimum atomic E-state index is 1.25. The van der Waals surface area contributed by atoms with Gasteiger partial charge in [0.25, 0.3) is 0 Å². The van der Waals surface area contributed by atoms with E-state index in [1.807, 2.05) is 180 Å². The lowest BCUT2D eigenvalue weighted by molar-refractivity contribution is 1.09. The molecule has 0 heterocycles. The van der Waals surface area contributed by atoms with E-state index in [0.717, 1.165) is 0 Å². The highest BCUT2D eigenvalue weighted by Gasteiger charge is 1.35. The van der Waals surface area contributed by atoms with Crippen LogP contribution in [0.2, 0.25) is 0 Å². The van der Waals surface area contributed by atoms with Crippen molar-refractivity contribution in [2.45, 2.75) is 200 Å². The normalized spacial score (nSPS) is 3.31. The minimum Gasteiger partial charge on any atom is -0.0683 e. The van der Waals surface area contributed by atoms with Gasteiger partial charge in [0.2, 0.25) is 0 Å². The predicted molar refractivity (Wildman–Crippen MR) is 163 cm³/mol. The van der Waals surface area contributed by atoms with Gasteiger partial charge in [-0.05, 0) is 0 Å². The van der Waals surface area contributed by atoms with Crippen LogP contribution >= 0.6 is 0 Å². The maximum absolute atomic E-state index is 2.12. The molecule has 0 aliphatic carbocycles. The van der Waals surface area contributed by atoms with Gasteiger partial charge in [-0.2, -0.15) is 0 Å². The van der Waals surface area contributed by atoms with Crippen LogP contribution in [-0.2, 0) is 0 Å². The monoisotopic (exact) mass is 435 g/mol. The smallest absolute Gasteiger partial charge is 0.0590 e. The molecule has 0 heteroatoms. The summed E-state index contributed by atoms with van der Waals surface area (Å²) in [6.07, 6.45) is 1.25. The van der Waals surface area contributed by atoms with Gasteiger partial charge in [0.15, 0.2) is 0 Å². The molecule has 0 aromatic heterocycles. The Morgan fingerprint density at radius 3 is 0.172 bits per heavy atom. The lowest BCUT2D eigenvalue weighted by Gasteiger charge is -1.48. The minimum absolute atomic E-state index is 1.25. The van der Waals surface area contributed by atoms with Crippen molar-refractivity contribution < 1.29 is 0 Å². The van der Waals surface area contributed by atoms with E-state index in [1.165, 1.54) is 6.42 Å². The van der Waals surface area contributed by atoms with Crippen LogP contribution in [0.15, 0.2) is 0 Å². The van der Waals surface area contributed by atoms with Crippen LogP contribution in [0.1, 0.15) is 200 Å². The summed E-state index contributed by atoms with van der Waals surface area (Å²) in [6.45, 7) is 56.2. The summed E-state index contributed by atoms with van der Waals surface area (Å²) in [4.78, 5) is 0. The third kappa shape index (κ3) is 0. The second-order valence-corrected chi connectivity index (χ2v) is 0.707. The van der Waals surface area contributed by atoms with E-state index in [1.54, 1.807) is 0 Å². The van der Waals surface area contributed by atoms with Crippen molar-refractivity contribution in [1.82, 2.24) is 0 Å². The molecule has 0 spiro atoms. The molecule has 0 atom stereocenters. The third-order valence-corrected chi connectivity index (χ3v) is 0. The largest absolute Gasteiger partial charge is 0.0683 e. The Labute approximate surface area is 200 Å². The molecule has 0 radical (unpaired) electrons. The lowest BCUT2D eigenvalue weighted by atomic mass is 10.6. The molecule has 0 fully saturated rings. The highest BCUT2D eigenvalue weighted by molar-refractivity contribution is 3.92. The van der Waals surface area contributed by atoms with Gasteiger partial charge >= 0.3 is 0 Å². The predicted octanol–water partition coefficient (Wildman–Crippen LogP) is 14.8. The zero-order valence-corrected chi connectivity index (χ0v) is 28.7. The van der Waals surface area contributed by atoms with E-state index in [-0.39, 0.29) is 0 Å². The molecular formula is C29H86. The van der Waals surface area contributed by atoms with Crippen LogP contribution in [-0.4, -0.2) is 0 Å². The third-order valence-electron chi connectivity index (χ3n) is 0. The molecular weight excluding hydrogens is 348 g/mol. The topological polar surface area (TPSA) is 0 Å². The molecule has 0 aliphatic heterocycles. The van der Waals surface area contributed by atoms with Crippen molar-refractivity contribution in [2.75, 3.05) is 0 Å². The first kappa shape index (κ1) is 101. The summed E-state index contributed by atoms with van der Waals surface area (Å²) in [5.41, 5.74) is 0. The quantitative estimate of drug-likeness (QED) is 0.355. The SMILES string of the molecule is CC.CC.CC.CC.CC.CC.CC.CC.CC.CC.CC.CC.CC.CCC. The first-order chi connectivity index (χ1) is 14.4. The summed E-state index contributed by atoms with van der Waals surface area (Å²) >= 11 is 0. The van der Waals surface area contributed by atoms with Crippen LogP contribution in [0.3, 0.4) is 0 Å². The van der Waals surface area contributed by atoms with Gasteiger partial charge < -0.3 is 0 Å². The Morgan fingerprint density at radius 2 is 0.172 bits per heavy atom.